The molecule has 1 N–H and O–H groups in total. The number of esters is 1. The van der Waals surface area contributed by atoms with Gasteiger partial charge in [-0.25, -0.2) is 13.6 Å². The van der Waals surface area contributed by atoms with E-state index in [1.807, 2.05) is 0 Å². The number of carbonyl (C=O) groups is 2. The summed E-state index contributed by atoms with van der Waals surface area (Å²) in [6.07, 6.45) is 2.40. The van der Waals surface area contributed by atoms with Crippen molar-refractivity contribution < 1.29 is 32.6 Å². The van der Waals surface area contributed by atoms with E-state index in [0.717, 1.165) is 17.7 Å². The molecule has 0 atom stereocenters. The van der Waals surface area contributed by atoms with Crippen molar-refractivity contribution in [2.45, 2.75) is 6.42 Å². The number of methoxy groups -OCH3 is 1. The molecule has 148 valence electrons. The Kier molecular flexibility index (Phi) is 7.50. The Labute approximate surface area is 160 Å². The molecule has 0 aromatic heterocycles. The van der Waals surface area contributed by atoms with E-state index in [4.69, 9.17) is 14.2 Å². The van der Waals surface area contributed by atoms with Crippen LogP contribution in [0.15, 0.2) is 49.1 Å². The number of carbonyl (C=O) groups excluding carboxylic acids is 2. The zero-order chi connectivity index (χ0) is 20.5. The predicted octanol–water partition coefficient (Wildman–Crippen LogP) is 3.26. The molecule has 0 saturated carbocycles. The summed E-state index contributed by atoms with van der Waals surface area (Å²) < 4.78 is 41.6. The minimum absolute atomic E-state index is 0.219. The molecular formula is C20H19F2NO5. The van der Waals surface area contributed by atoms with Gasteiger partial charge < -0.3 is 19.5 Å². The Hall–Kier alpha value is -3.42. The number of ether oxygens (including phenoxy) is 3. The standard InChI is InChI=1S/C20H19F2NO5/c1-3-4-13-5-8-17(18(9-13)26-2)27-12-20(25)28-11-19(24)23-16-7-6-14(21)10-15(16)22/h3,5-10H,1,4,11-12H2,2H3,(H,23,24). The molecule has 6 nitrogen and oxygen atoms in total. The molecule has 0 heterocycles. The summed E-state index contributed by atoms with van der Waals surface area (Å²) >= 11 is 0. The third-order valence-corrected chi connectivity index (χ3v) is 3.52. The number of hydrogen-bond donors (Lipinski definition) is 1. The Balaban J connectivity index is 1.82. The normalized spacial score (nSPS) is 10.1. The van der Waals surface area contributed by atoms with Gasteiger partial charge in [-0.2, -0.15) is 0 Å². The monoisotopic (exact) mass is 391 g/mol. The summed E-state index contributed by atoms with van der Waals surface area (Å²) in [5, 5.41) is 2.18. The largest absolute Gasteiger partial charge is 0.493 e. The zero-order valence-corrected chi connectivity index (χ0v) is 15.2. The Morgan fingerprint density at radius 3 is 2.57 bits per heavy atom. The topological polar surface area (TPSA) is 73.9 Å². The molecule has 0 radical (unpaired) electrons. The number of halogens is 2. The Morgan fingerprint density at radius 2 is 1.89 bits per heavy atom. The molecule has 1 amide bonds. The van der Waals surface area contributed by atoms with E-state index in [9.17, 15) is 18.4 Å². The fourth-order valence-corrected chi connectivity index (χ4v) is 2.23. The smallest absolute Gasteiger partial charge is 0.344 e. The van der Waals surface area contributed by atoms with Crippen LogP contribution in [0.5, 0.6) is 11.5 Å². The van der Waals surface area contributed by atoms with Crippen molar-refractivity contribution in [3.05, 3.63) is 66.3 Å². The summed E-state index contributed by atoms with van der Waals surface area (Å²) in [7, 11) is 1.47. The van der Waals surface area contributed by atoms with Gasteiger partial charge in [-0.05, 0) is 36.2 Å². The molecule has 2 aromatic carbocycles. The zero-order valence-electron chi connectivity index (χ0n) is 15.2. The molecule has 0 aliphatic rings. The second-order valence-corrected chi connectivity index (χ2v) is 5.60. The lowest BCUT2D eigenvalue weighted by Gasteiger charge is -2.12. The predicted molar refractivity (Wildman–Crippen MR) is 98.3 cm³/mol. The average Bonchev–Trinajstić information content (AvgIpc) is 2.67. The first-order valence-electron chi connectivity index (χ1n) is 8.24. The summed E-state index contributed by atoms with van der Waals surface area (Å²) in [4.78, 5) is 23.5. The molecule has 0 saturated heterocycles. The van der Waals surface area contributed by atoms with Gasteiger partial charge in [-0.15, -0.1) is 6.58 Å². The SMILES string of the molecule is C=CCc1ccc(OCC(=O)OCC(=O)Nc2ccc(F)cc2F)c(OC)c1. The lowest BCUT2D eigenvalue weighted by atomic mass is 10.1. The van der Waals surface area contributed by atoms with Crippen molar-refractivity contribution in [3.63, 3.8) is 0 Å². The first-order valence-corrected chi connectivity index (χ1v) is 8.24. The van der Waals surface area contributed by atoms with Crippen LogP contribution >= 0.6 is 0 Å². The first-order chi connectivity index (χ1) is 13.4. The molecule has 28 heavy (non-hydrogen) atoms. The summed E-state index contributed by atoms with van der Waals surface area (Å²) in [5.41, 5.74) is 0.745. The van der Waals surface area contributed by atoms with Crippen LogP contribution in [-0.4, -0.2) is 32.2 Å². The minimum Gasteiger partial charge on any atom is -0.493 e. The third kappa shape index (κ3) is 6.08. The molecule has 8 heteroatoms. The summed E-state index contributed by atoms with van der Waals surface area (Å²) in [6, 6.07) is 7.89. The number of amides is 1. The highest BCUT2D eigenvalue weighted by atomic mass is 19.1. The number of allylic oxidation sites excluding steroid dienone is 1. The molecule has 2 aromatic rings. The van der Waals surface area contributed by atoms with Crippen LogP contribution in [0.1, 0.15) is 5.56 Å². The molecule has 0 spiro atoms. The van der Waals surface area contributed by atoms with Gasteiger partial charge in [-0.1, -0.05) is 12.1 Å². The van der Waals surface area contributed by atoms with Crippen molar-refractivity contribution >= 4 is 17.6 Å². The van der Waals surface area contributed by atoms with Crippen LogP contribution in [0.3, 0.4) is 0 Å². The van der Waals surface area contributed by atoms with Gasteiger partial charge in [0.25, 0.3) is 5.91 Å². The minimum atomic E-state index is -0.935. The second-order valence-electron chi connectivity index (χ2n) is 5.60. The van der Waals surface area contributed by atoms with E-state index in [2.05, 4.69) is 11.9 Å². The van der Waals surface area contributed by atoms with Crippen molar-refractivity contribution in [2.75, 3.05) is 25.6 Å². The Bertz CT molecular complexity index is 870. The number of hydrogen-bond acceptors (Lipinski definition) is 5. The van der Waals surface area contributed by atoms with E-state index < -0.39 is 36.7 Å². The van der Waals surface area contributed by atoms with Crippen LogP contribution in [0.25, 0.3) is 0 Å². The van der Waals surface area contributed by atoms with Crippen LogP contribution in [-0.2, 0) is 20.7 Å². The second kappa shape index (κ2) is 10.1. The third-order valence-electron chi connectivity index (χ3n) is 3.52. The van der Waals surface area contributed by atoms with Gasteiger partial charge in [0.1, 0.15) is 11.6 Å². The van der Waals surface area contributed by atoms with Gasteiger partial charge >= 0.3 is 5.97 Å². The van der Waals surface area contributed by atoms with Crippen molar-refractivity contribution in [1.29, 1.82) is 0 Å². The summed E-state index contributed by atoms with van der Waals surface area (Å²) in [6.45, 7) is 2.57. The number of rotatable bonds is 9. The molecule has 0 bridgehead atoms. The maximum absolute atomic E-state index is 13.5. The van der Waals surface area contributed by atoms with Crippen molar-refractivity contribution in [1.82, 2.24) is 0 Å². The van der Waals surface area contributed by atoms with Gasteiger partial charge in [-0.3, -0.25) is 4.79 Å². The quantitative estimate of drug-likeness (QED) is 0.525. The van der Waals surface area contributed by atoms with Gasteiger partial charge in [0.2, 0.25) is 0 Å². The van der Waals surface area contributed by atoms with Gasteiger partial charge in [0, 0.05) is 6.07 Å². The number of nitrogens with one attached hydrogen (secondary N) is 1. The highest BCUT2D eigenvalue weighted by Crippen LogP contribution is 2.28. The van der Waals surface area contributed by atoms with E-state index in [0.29, 0.717) is 24.0 Å². The molecule has 0 fully saturated rings. The van der Waals surface area contributed by atoms with Crippen LogP contribution in [0.4, 0.5) is 14.5 Å². The lowest BCUT2D eigenvalue weighted by molar-refractivity contribution is -0.149. The fourth-order valence-electron chi connectivity index (χ4n) is 2.23. The van der Waals surface area contributed by atoms with Crippen molar-refractivity contribution in [2.24, 2.45) is 0 Å². The highest BCUT2D eigenvalue weighted by Gasteiger charge is 2.13. The molecule has 2 rings (SSSR count). The molecule has 0 unspecified atom stereocenters. The maximum Gasteiger partial charge on any atom is 0.344 e. The van der Waals surface area contributed by atoms with E-state index >= 15 is 0 Å². The molecule has 0 aliphatic heterocycles. The number of benzene rings is 2. The van der Waals surface area contributed by atoms with E-state index in [-0.39, 0.29) is 5.69 Å². The van der Waals surface area contributed by atoms with Crippen molar-refractivity contribution in [3.8, 4) is 11.5 Å². The van der Waals surface area contributed by atoms with Gasteiger partial charge in [0.05, 0.1) is 12.8 Å². The summed E-state index contributed by atoms with van der Waals surface area (Å²) in [5.74, 6) is -2.50. The first kappa shape index (κ1) is 20.9. The fraction of sp³-hybridized carbons (Fsp3) is 0.200. The molecule has 0 aliphatic carbocycles. The van der Waals surface area contributed by atoms with Crippen LogP contribution < -0.4 is 14.8 Å². The van der Waals surface area contributed by atoms with Gasteiger partial charge in [0.15, 0.2) is 24.7 Å². The highest BCUT2D eigenvalue weighted by molar-refractivity contribution is 5.92. The maximum atomic E-state index is 13.5. The van der Waals surface area contributed by atoms with Crippen LogP contribution in [0.2, 0.25) is 0 Å². The Morgan fingerprint density at radius 1 is 1.11 bits per heavy atom. The lowest BCUT2D eigenvalue weighted by Crippen LogP contribution is -2.24. The number of anilines is 1. The van der Waals surface area contributed by atoms with E-state index in [1.54, 1.807) is 24.3 Å². The van der Waals surface area contributed by atoms with Crippen LogP contribution in [0, 0.1) is 11.6 Å². The van der Waals surface area contributed by atoms with E-state index in [1.165, 1.54) is 7.11 Å². The molecular weight excluding hydrogens is 372 g/mol. The average molecular weight is 391 g/mol.